The maximum atomic E-state index is 12.6. The number of nitrogens with one attached hydrogen (secondary N) is 1. The minimum Gasteiger partial charge on any atom is -0.496 e. The van der Waals surface area contributed by atoms with Crippen LogP contribution in [0.1, 0.15) is 22.0 Å². The van der Waals surface area contributed by atoms with Gasteiger partial charge in [-0.25, -0.2) is 0 Å². The van der Waals surface area contributed by atoms with Gasteiger partial charge >= 0.3 is 0 Å². The average Bonchev–Trinajstić information content (AvgIpc) is 2.67. The van der Waals surface area contributed by atoms with E-state index in [0.717, 1.165) is 22.1 Å². The number of likely N-dealkylation sites (N-methyl/N-ethyl adjacent to an activating group) is 1. The summed E-state index contributed by atoms with van der Waals surface area (Å²) in [5, 5.41) is 5.25. The Morgan fingerprint density at radius 1 is 1.00 bits per heavy atom. The topological polar surface area (TPSA) is 41.6 Å². The van der Waals surface area contributed by atoms with Gasteiger partial charge in [0.05, 0.1) is 13.2 Å². The second kappa shape index (κ2) is 8.02. The minimum atomic E-state index is -0.0718. The number of methoxy groups -OCH3 is 1. The van der Waals surface area contributed by atoms with Crippen molar-refractivity contribution < 1.29 is 9.53 Å². The van der Waals surface area contributed by atoms with E-state index in [1.54, 1.807) is 7.11 Å². The molecule has 3 aromatic rings. The Kier molecular flexibility index (Phi) is 5.54. The van der Waals surface area contributed by atoms with Gasteiger partial charge in [0, 0.05) is 17.7 Å². The van der Waals surface area contributed by atoms with Crippen LogP contribution in [0.5, 0.6) is 5.75 Å². The Balaban J connectivity index is 1.77. The van der Waals surface area contributed by atoms with Crippen molar-refractivity contribution in [1.82, 2.24) is 10.2 Å². The van der Waals surface area contributed by atoms with Crippen LogP contribution in [0.2, 0.25) is 0 Å². The summed E-state index contributed by atoms with van der Waals surface area (Å²) in [6.07, 6.45) is 0. The molecule has 0 unspecified atom stereocenters. The van der Waals surface area contributed by atoms with Crippen molar-refractivity contribution in [2.24, 2.45) is 0 Å². The number of hydrogen-bond acceptors (Lipinski definition) is 3. The monoisotopic (exact) mass is 348 g/mol. The number of hydrogen-bond donors (Lipinski definition) is 1. The molecule has 4 heteroatoms. The van der Waals surface area contributed by atoms with Gasteiger partial charge < -0.3 is 15.0 Å². The van der Waals surface area contributed by atoms with E-state index in [0.29, 0.717) is 12.1 Å². The van der Waals surface area contributed by atoms with Crippen LogP contribution in [0.15, 0.2) is 66.7 Å². The fourth-order valence-electron chi connectivity index (χ4n) is 3.13. The summed E-state index contributed by atoms with van der Waals surface area (Å²) in [5.74, 6) is 0.753. The third-order valence-corrected chi connectivity index (χ3v) is 4.59. The predicted octanol–water partition coefficient (Wildman–Crippen LogP) is 3.88. The summed E-state index contributed by atoms with van der Waals surface area (Å²) < 4.78 is 5.48. The molecule has 0 heterocycles. The van der Waals surface area contributed by atoms with E-state index in [2.05, 4.69) is 10.2 Å². The highest BCUT2D eigenvalue weighted by Crippen LogP contribution is 2.27. The molecule has 0 radical (unpaired) electrons. The molecule has 0 spiro atoms. The molecule has 3 rings (SSSR count). The quantitative estimate of drug-likeness (QED) is 0.735. The Bertz CT molecular complexity index is 905. The first-order valence-corrected chi connectivity index (χ1v) is 8.66. The van der Waals surface area contributed by atoms with E-state index in [4.69, 9.17) is 4.74 Å². The smallest absolute Gasteiger partial charge is 0.251 e. The maximum absolute atomic E-state index is 12.6. The lowest BCUT2D eigenvalue weighted by molar-refractivity contribution is 0.0941. The van der Waals surface area contributed by atoms with Crippen LogP contribution in [0.25, 0.3) is 10.8 Å². The molecule has 0 aliphatic carbocycles. The van der Waals surface area contributed by atoms with Gasteiger partial charge in [0.25, 0.3) is 5.91 Å². The summed E-state index contributed by atoms with van der Waals surface area (Å²) in [6, 6.07) is 21.7. The Morgan fingerprint density at radius 3 is 2.42 bits per heavy atom. The Hall–Kier alpha value is -2.85. The minimum absolute atomic E-state index is 0.0237. The van der Waals surface area contributed by atoms with Gasteiger partial charge in [-0.05, 0) is 43.1 Å². The number of rotatable bonds is 6. The lowest BCUT2D eigenvalue weighted by Crippen LogP contribution is -2.34. The van der Waals surface area contributed by atoms with Gasteiger partial charge in [-0.3, -0.25) is 4.79 Å². The highest BCUT2D eigenvalue weighted by atomic mass is 16.5. The molecule has 1 N–H and O–H groups in total. The van der Waals surface area contributed by atoms with Crippen molar-refractivity contribution in [3.63, 3.8) is 0 Å². The lowest BCUT2D eigenvalue weighted by atomic mass is 10.0. The maximum Gasteiger partial charge on any atom is 0.251 e. The van der Waals surface area contributed by atoms with Gasteiger partial charge in [0.1, 0.15) is 5.75 Å². The molecule has 0 saturated heterocycles. The van der Waals surface area contributed by atoms with Crippen molar-refractivity contribution in [2.75, 3.05) is 27.7 Å². The SMILES string of the molecule is COc1ccccc1[C@H](CNC(=O)c1ccc2ccccc2c1)N(C)C. The summed E-state index contributed by atoms with van der Waals surface area (Å²) in [5.41, 5.74) is 1.72. The fourth-order valence-corrected chi connectivity index (χ4v) is 3.13. The summed E-state index contributed by atoms with van der Waals surface area (Å²) in [6.45, 7) is 0.499. The molecule has 134 valence electrons. The molecular weight excluding hydrogens is 324 g/mol. The van der Waals surface area contributed by atoms with Crippen LogP contribution in [-0.4, -0.2) is 38.6 Å². The van der Waals surface area contributed by atoms with Gasteiger partial charge in [0.2, 0.25) is 0 Å². The van der Waals surface area contributed by atoms with Crippen molar-refractivity contribution in [2.45, 2.75) is 6.04 Å². The first-order valence-electron chi connectivity index (χ1n) is 8.66. The molecule has 4 nitrogen and oxygen atoms in total. The number of para-hydroxylation sites is 1. The fraction of sp³-hybridized carbons (Fsp3) is 0.227. The average molecular weight is 348 g/mol. The van der Waals surface area contributed by atoms with Gasteiger partial charge in [-0.2, -0.15) is 0 Å². The molecular formula is C22H24N2O2. The molecule has 0 saturated carbocycles. The van der Waals surface area contributed by atoms with Crippen LogP contribution < -0.4 is 10.1 Å². The van der Waals surface area contributed by atoms with Crippen LogP contribution in [0, 0.1) is 0 Å². The molecule has 0 bridgehead atoms. The number of fused-ring (bicyclic) bond motifs is 1. The van der Waals surface area contributed by atoms with E-state index in [-0.39, 0.29) is 11.9 Å². The second-order valence-electron chi connectivity index (χ2n) is 6.49. The molecule has 1 amide bonds. The van der Waals surface area contributed by atoms with Crippen molar-refractivity contribution in [3.05, 3.63) is 77.9 Å². The largest absolute Gasteiger partial charge is 0.496 e. The third kappa shape index (κ3) is 3.86. The second-order valence-corrected chi connectivity index (χ2v) is 6.49. The third-order valence-electron chi connectivity index (χ3n) is 4.59. The molecule has 1 atom stereocenters. The van der Waals surface area contributed by atoms with E-state index >= 15 is 0 Å². The normalized spacial score (nSPS) is 12.2. The van der Waals surface area contributed by atoms with Crippen molar-refractivity contribution in [1.29, 1.82) is 0 Å². The summed E-state index contributed by atoms with van der Waals surface area (Å²) >= 11 is 0. The lowest BCUT2D eigenvalue weighted by Gasteiger charge is -2.26. The molecule has 0 aromatic heterocycles. The number of amides is 1. The van der Waals surface area contributed by atoms with Crippen LogP contribution >= 0.6 is 0 Å². The predicted molar refractivity (Wildman–Crippen MR) is 106 cm³/mol. The highest BCUT2D eigenvalue weighted by molar-refractivity contribution is 5.98. The highest BCUT2D eigenvalue weighted by Gasteiger charge is 2.19. The summed E-state index contributed by atoms with van der Waals surface area (Å²) in [7, 11) is 5.66. The number of ether oxygens (including phenoxy) is 1. The standard InChI is InChI=1S/C22H24N2O2/c1-24(2)20(19-10-6-7-11-21(19)26-3)15-23-22(25)18-13-12-16-8-4-5-9-17(16)14-18/h4-14,20H,15H2,1-3H3,(H,23,25)/t20-/m0/s1. The van der Waals surface area contributed by atoms with Crippen LogP contribution in [-0.2, 0) is 0 Å². The molecule has 3 aromatic carbocycles. The number of benzene rings is 3. The van der Waals surface area contributed by atoms with E-state index < -0.39 is 0 Å². The van der Waals surface area contributed by atoms with Gasteiger partial charge in [-0.1, -0.05) is 48.5 Å². The number of carbonyl (C=O) groups excluding carboxylic acids is 1. The zero-order chi connectivity index (χ0) is 18.5. The van der Waals surface area contributed by atoms with Crippen molar-refractivity contribution >= 4 is 16.7 Å². The number of nitrogens with zero attached hydrogens (tertiary/aromatic N) is 1. The van der Waals surface area contributed by atoms with Gasteiger partial charge in [-0.15, -0.1) is 0 Å². The molecule has 0 aliphatic heterocycles. The molecule has 26 heavy (non-hydrogen) atoms. The Labute approximate surface area is 154 Å². The molecule has 0 aliphatic rings. The van der Waals surface area contributed by atoms with Crippen LogP contribution in [0.3, 0.4) is 0 Å². The summed E-state index contributed by atoms with van der Waals surface area (Å²) in [4.78, 5) is 14.7. The van der Waals surface area contributed by atoms with Crippen LogP contribution in [0.4, 0.5) is 0 Å². The Morgan fingerprint density at radius 2 is 1.69 bits per heavy atom. The molecule has 0 fully saturated rings. The number of carbonyl (C=O) groups is 1. The van der Waals surface area contributed by atoms with Crippen molar-refractivity contribution in [3.8, 4) is 5.75 Å². The van der Waals surface area contributed by atoms with E-state index in [1.165, 1.54) is 0 Å². The first-order chi connectivity index (χ1) is 12.6. The van der Waals surface area contributed by atoms with E-state index in [9.17, 15) is 4.79 Å². The zero-order valence-corrected chi connectivity index (χ0v) is 15.4. The first kappa shape index (κ1) is 18.0. The van der Waals surface area contributed by atoms with E-state index in [1.807, 2.05) is 80.8 Å². The van der Waals surface area contributed by atoms with Gasteiger partial charge in [0.15, 0.2) is 0 Å². The zero-order valence-electron chi connectivity index (χ0n) is 15.4.